The van der Waals surface area contributed by atoms with Gasteiger partial charge in [0.05, 0.1) is 27.7 Å². The minimum Gasteiger partial charge on any atom is -0.462 e. The number of unbranched alkanes of at least 4 members (excludes halogenated alkanes) is 16. The van der Waals surface area contributed by atoms with E-state index < -0.39 is 26.5 Å². The van der Waals surface area contributed by atoms with E-state index in [0.29, 0.717) is 17.4 Å². The summed E-state index contributed by atoms with van der Waals surface area (Å²) in [5.41, 5.74) is 0. The van der Waals surface area contributed by atoms with Crippen LogP contribution in [0.3, 0.4) is 0 Å². The molecule has 0 aliphatic carbocycles. The molecular weight excluding hydrogens is 737 g/mol. The molecule has 0 amide bonds. The zero-order chi connectivity index (χ0) is 42.1. The van der Waals surface area contributed by atoms with Crippen molar-refractivity contribution in [1.29, 1.82) is 0 Å². The number of hydrogen-bond acceptors (Lipinski definition) is 7. The molecule has 0 fully saturated rings. The van der Waals surface area contributed by atoms with Crippen LogP contribution in [0, 0.1) is 0 Å². The minimum absolute atomic E-state index is 0.0206. The van der Waals surface area contributed by atoms with Crippen LogP contribution in [0.15, 0.2) is 60.8 Å². The van der Waals surface area contributed by atoms with Gasteiger partial charge in [0, 0.05) is 12.8 Å². The largest absolute Gasteiger partial charge is 0.472 e. The summed E-state index contributed by atoms with van der Waals surface area (Å²) in [5.74, 6) is -0.855. The third-order valence-electron chi connectivity index (χ3n) is 9.28. The van der Waals surface area contributed by atoms with Crippen molar-refractivity contribution in [2.24, 2.45) is 0 Å². The number of likely N-dealkylation sites (N-methyl/N-ethyl adjacent to an activating group) is 1. The first-order valence-corrected chi connectivity index (χ1v) is 24.0. The molecule has 0 aromatic heterocycles. The standard InChI is InChI=1S/C47H84NO8P/c1-6-8-10-12-14-16-18-20-22-23-24-26-27-29-31-33-35-37-39-46(49)53-43-45(44-55-57(51,52)54-42-41-48(3,4)5)56-47(50)40-38-36-34-32-30-28-25-21-19-17-15-13-11-9-7-2/h9,11,15,17,21-23,25,30,32,45H,6-8,10,12-14,16,18-20,24,26-29,31,33-44H2,1-5H3/p+1/b11-9-,17-15-,23-22-,25-21-,32-30-. The fourth-order valence-electron chi connectivity index (χ4n) is 5.76. The molecule has 330 valence electrons. The van der Waals surface area contributed by atoms with Crippen LogP contribution in [0.25, 0.3) is 0 Å². The molecule has 0 bridgehead atoms. The average molecular weight is 823 g/mol. The molecule has 9 nitrogen and oxygen atoms in total. The van der Waals surface area contributed by atoms with Crippen molar-refractivity contribution in [3.8, 4) is 0 Å². The number of carbonyl (C=O) groups excluding carboxylic acids is 2. The number of nitrogens with zero attached hydrogens (tertiary/aromatic N) is 1. The van der Waals surface area contributed by atoms with Crippen LogP contribution in [0.2, 0.25) is 0 Å². The Hall–Kier alpha value is -2.29. The Morgan fingerprint density at radius 2 is 1.00 bits per heavy atom. The van der Waals surface area contributed by atoms with E-state index in [1.165, 1.54) is 70.6 Å². The number of allylic oxidation sites excluding steroid dienone is 10. The van der Waals surface area contributed by atoms with Gasteiger partial charge in [-0.15, -0.1) is 0 Å². The third-order valence-corrected chi connectivity index (χ3v) is 10.3. The van der Waals surface area contributed by atoms with Crippen LogP contribution in [-0.2, 0) is 32.7 Å². The van der Waals surface area contributed by atoms with E-state index in [-0.39, 0.29) is 32.0 Å². The number of esters is 2. The summed E-state index contributed by atoms with van der Waals surface area (Å²) in [5, 5.41) is 0. The van der Waals surface area contributed by atoms with E-state index in [9.17, 15) is 19.0 Å². The molecule has 57 heavy (non-hydrogen) atoms. The molecule has 0 radical (unpaired) electrons. The summed E-state index contributed by atoms with van der Waals surface area (Å²) < 4.78 is 34.3. The van der Waals surface area contributed by atoms with E-state index in [0.717, 1.165) is 70.6 Å². The summed E-state index contributed by atoms with van der Waals surface area (Å²) >= 11 is 0. The molecule has 0 aliphatic rings. The van der Waals surface area contributed by atoms with Gasteiger partial charge in [0.25, 0.3) is 0 Å². The first kappa shape index (κ1) is 54.7. The lowest BCUT2D eigenvalue weighted by molar-refractivity contribution is -0.870. The molecule has 1 N–H and O–H groups in total. The van der Waals surface area contributed by atoms with Crippen LogP contribution < -0.4 is 0 Å². The number of phosphoric ester groups is 1. The van der Waals surface area contributed by atoms with Crippen molar-refractivity contribution in [3.63, 3.8) is 0 Å². The molecule has 0 saturated carbocycles. The quantitative estimate of drug-likeness (QED) is 0.0214. The number of rotatable bonds is 40. The number of quaternary nitrogens is 1. The van der Waals surface area contributed by atoms with E-state index >= 15 is 0 Å². The van der Waals surface area contributed by atoms with Gasteiger partial charge in [0.2, 0.25) is 0 Å². The SMILES string of the molecule is CC/C=C\C/C=C\C/C=C\C/C=C\CCCCC(=O)OC(COC(=O)CCCCCCCCC/C=C\CCCCCCCCC)COP(=O)(O)OCC[N+](C)(C)C. The Labute approximate surface area is 349 Å². The van der Waals surface area contributed by atoms with Crippen LogP contribution >= 0.6 is 7.82 Å². The lowest BCUT2D eigenvalue weighted by Gasteiger charge is -2.24. The van der Waals surface area contributed by atoms with E-state index in [1.807, 2.05) is 21.1 Å². The molecule has 2 atom stereocenters. The molecule has 10 heteroatoms. The highest BCUT2D eigenvalue weighted by Crippen LogP contribution is 2.43. The molecule has 0 saturated heterocycles. The van der Waals surface area contributed by atoms with Crippen LogP contribution in [0.1, 0.15) is 174 Å². The van der Waals surface area contributed by atoms with Crippen LogP contribution in [0.5, 0.6) is 0 Å². The summed E-state index contributed by atoms with van der Waals surface area (Å²) in [6, 6.07) is 0. The normalized spacial score (nSPS) is 14.1. The van der Waals surface area contributed by atoms with Gasteiger partial charge >= 0.3 is 19.8 Å². The molecule has 2 unspecified atom stereocenters. The topological polar surface area (TPSA) is 108 Å². The van der Waals surface area contributed by atoms with Gasteiger partial charge in [-0.3, -0.25) is 18.6 Å². The minimum atomic E-state index is -4.39. The number of ether oxygens (including phenoxy) is 2. The predicted molar refractivity (Wildman–Crippen MR) is 238 cm³/mol. The second-order valence-corrected chi connectivity index (χ2v) is 17.5. The first-order valence-electron chi connectivity index (χ1n) is 22.5. The van der Waals surface area contributed by atoms with E-state index in [1.54, 1.807) is 0 Å². The Bertz CT molecular complexity index is 1160. The maximum atomic E-state index is 12.7. The van der Waals surface area contributed by atoms with Crippen molar-refractivity contribution < 1.29 is 42.1 Å². The summed E-state index contributed by atoms with van der Waals surface area (Å²) in [4.78, 5) is 35.4. The summed E-state index contributed by atoms with van der Waals surface area (Å²) in [7, 11) is 1.44. The highest BCUT2D eigenvalue weighted by molar-refractivity contribution is 7.47. The van der Waals surface area contributed by atoms with Gasteiger partial charge in [-0.05, 0) is 77.0 Å². The third kappa shape index (κ3) is 43.1. The van der Waals surface area contributed by atoms with E-state index in [2.05, 4.69) is 74.6 Å². The van der Waals surface area contributed by atoms with Gasteiger partial charge in [0.1, 0.15) is 19.8 Å². The van der Waals surface area contributed by atoms with Crippen molar-refractivity contribution in [2.45, 2.75) is 180 Å². The summed E-state index contributed by atoms with van der Waals surface area (Å²) in [6.45, 7) is 4.24. The Kier molecular flexibility index (Phi) is 37.6. The lowest BCUT2D eigenvalue weighted by Crippen LogP contribution is -2.37. The second kappa shape index (κ2) is 39.2. The fourth-order valence-corrected chi connectivity index (χ4v) is 6.50. The number of carbonyl (C=O) groups is 2. The molecular formula is C47H85NO8P+. The lowest BCUT2D eigenvalue weighted by atomic mass is 10.1. The zero-order valence-electron chi connectivity index (χ0n) is 37.1. The maximum Gasteiger partial charge on any atom is 0.472 e. The predicted octanol–water partition coefficient (Wildman–Crippen LogP) is 12.9. The first-order chi connectivity index (χ1) is 27.5. The van der Waals surface area contributed by atoms with Gasteiger partial charge in [0.15, 0.2) is 6.10 Å². The van der Waals surface area contributed by atoms with E-state index in [4.69, 9.17) is 18.5 Å². The second-order valence-electron chi connectivity index (χ2n) is 16.0. The smallest absolute Gasteiger partial charge is 0.462 e. The van der Waals surface area contributed by atoms with Crippen LogP contribution in [-0.4, -0.2) is 74.9 Å². The molecule has 0 aliphatic heterocycles. The zero-order valence-corrected chi connectivity index (χ0v) is 38.0. The molecule has 0 spiro atoms. The van der Waals surface area contributed by atoms with Gasteiger partial charge in [-0.2, -0.15) is 0 Å². The highest BCUT2D eigenvalue weighted by Gasteiger charge is 2.27. The van der Waals surface area contributed by atoms with Gasteiger partial charge < -0.3 is 18.9 Å². The molecule has 0 heterocycles. The molecule has 0 aromatic carbocycles. The maximum absolute atomic E-state index is 12.7. The molecule has 0 rings (SSSR count). The van der Waals surface area contributed by atoms with Gasteiger partial charge in [-0.1, -0.05) is 145 Å². The Morgan fingerprint density at radius 1 is 0.561 bits per heavy atom. The van der Waals surface area contributed by atoms with Crippen molar-refractivity contribution in [2.75, 3.05) is 47.5 Å². The van der Waals surface area contributed by atoms with Crippen molar-refractivity contribution in [3.05, 3.63) is 60.8 Å². The molecule has 0 aromatic rings. The summed E-state index contributed by atoms with van der Waals surface area (Å²) in [6.07, 6.45) is 47.0. The highest BCUT2D eigenvalue weighted by atomic mass is 31.2. The number of hydrogen-bond donors (Lipinski definition) is 1. The average Bonchev–Trinajstić information content (AvgIpc) is 3.16. The monoisotopic (exact) mass is 823 g/mol. The fraction of sp³-hybridized carbons (Fsp3) is 0.745. The van der Waals surface area contributed by atoms with Gasteiger partial charge in [-0.25, -0.2) is 4.57 Å². The van der Waals surface area contributed by atoms with Crippen molar-refractivity contribution in [1.82, 2.24) is 0 Å². The van der Waals surface area contributed by atoms with Crippen LogP contribution in [0.4, 0.5) is 0 Å². The Balaban J connectivity index is 4.40. The number of phosphoric acid groups is 1. The van der Waals surface area contributed by atoms with Crippen molar-refractivity contribution >= 4 is 19.8 Å². The Morgan fingerprint density at radius 3 is 1.54 bits per heavy atom.